The van der Waals surface area contributed by atoms with Crippen molar-refractivity contribution in [3.63, 3.8) is 0 Å². The Morgan fingerprint density at radius 1 is 1.43 bits per heavy atom. The van der Waals surface area contributed by atoms with Crippen molar-refractivity contribution >= 4 is 5.84 Å². The SMILES string of the molecule is CN1CCCCC1COc1nc2c(cc1C(=N)N)CCC2. The van der Waals surface area contributed by atoms with Crippen molar-refractivity contribution in [1.29, 1.82) is 5.41 Å². The van der Waals surface area contributed by atoms with E-state index < -0.39 is 0 Å². The van der Waals surface area contributed by atoms with E-state index in [1.807, 2.05) is 6.07 Å². The normalized spacial score (nSPS) is 22.0. The van der Waals surface area contributed by atoms with Crippen LogP contribution >= 0.6 is 0 Å². The number of piperidine rings is 1. The average molecular weight is 288 g/mol. The molecule has 1 saturated heterocycles. The highest BCUT2D eigenvalue weighted by Crippen LogP contribution is 2.27. The van der Waals surface area contributed by atoms with Crippen molar-refractivity contribution in [3.05, 3.63) is 22.9 Å². The molecule has 2 aliphatic rings. The zero-order chi connectivity index (χ0) is 14.8. The minimum Gasteiger partial charge on any atom is -0.475 e. The van der Waals surface area contributed by atoms with E-state index in [2.05, 4.69) is 16.9 Å². The molecule has 3 rings (SSSR count). The third kappa shape index (κ3) is 3.02. The molecule has 1 atom stereocenters. The molecule has 1 aliphatic heterocycles. The second-order valence-corrected chi connectivity index (χ2v) is 6.16. The zero-order valence-corrected chi connectivity index (χ0v) is 12.7. The van der Waals surface area contributed by atoms with Crippen LogP contribution in [0.4, 0.5) is 0 Å². The number of ether oxygens (including phenoxy) is 1. The number of nitrogens with zero attached hydrogens (tertiary/aromatic N) is 2. The van der Waals surface area contributed by atoms with Gasteiger partial charge in [-0.25, -0.2) is 4.98 Å². The topological polar surface area (TPSA) is 75.2 Å². The van der Waals surface area contributed by atoms with Crippen molar-refractivity contribution in [1.82, 2.24) is 9.88 Å². The lowest BCUT2D eigenvalue weighted by molar-refractivity contribution is 0.122. The molecule has 114 valence electrons. The second kappa shape index (κ2) is 6.02. The van der Waals surface area contributed by atoms with E-state index in [1.54, 1.807) is 0 Å². The maximum absolute atomic E-state index is 7.75. The molecule has 1 unspecified atom stereocenters. The number of fused-ring (bicyclic) bond motifs is 1. The van der Waals surface area contributed by atoms with Crippen LogP contribution in [0.25, 0.3) is 0 Å². The number of hydrogen-bond donors (Lipinski definition) is 2. The number of nitrogens with one attached hydrogen (secondary N) is 1. The van der Waals surface area contributed by atoms with Crippen molar-refractivity contribution in [3.8, 4) is 5.88 Å². The summed E-state index contributed by atoms with van der Waals surface area (Å²) in [5.41, 5.74) is 8.69. The van der Waals surface area contributed by atoms with Crippen LogP contribution in [0.15, 0.2) is 6.07 Å². The number of nitrogen functional groups attached to an aromatic ring is 1. The molecule has 0 saturated carbocycles. The lowest BCUT2D eigenvalue weighted by Crippen LogP contribution is -2.40. The first-order valence-electron chi connectivity index (χ1n) is 7.85. The number of amidine groups is 1. The van der Waals surface area contributed by atoms with Crippen LogP contribution in [-0.2, 0) is 12.8 Å². The number of aryl methyl sites for hydroxylation is 2. The van der Waals surface area contributed by atoms with E-state index >= 15 is 0 Å². The van der Waals surface area contributed by atoms with Gasteiger partial charge in [0, 0.05) is 11.7 Å². The van der Waals surface area contributed by atoms with Gasteiger partial charge in [0.05, 0.1) is 5.56 Å². The average Bonchev–Trinajstić information content (AvgIpc) is 2.92. The molecule has 0 aromatic carbocycles. The Kier molecular flexibility index (Phi) is 4.10. The van der Waals surface area contributed by atoms with E-state index in [0.717, 1.165) is 37.9 Å². The molecule has 1 aromatic heterocycles. The Morgan fingerprint density at radius 2 is 2.29 bits per heavy atom. The molecule has 1 aromatic rings. The predicted octanol–water partition coefficient (Wildman–Crippen LogP) is 1.72. The fourth-order valence-electron chi connectivity index (χ4n) is 3.29. The lowest BCUT2D eigenvalue weighted by atomic mass is 10.0. The lowest BCUT2D eigenvalue weighted by Gasteiger charge is -2.32. The molecule has 0 spiro atoms. The monoisotopic (exact) mass is 288 g/mol. The smallest absolute Gasteiger partial charge is 0.224 e. The first-order valence-corrected chi connectivity index (χ1v) is 7.85. The van der Waals surface area contributed by atoms with Gasteiger partial charge in [-0.2, -0.15) is 0 Å². The van der Waals surface area contributed by atoms with Crippen molar-refractivity contribution < 1.29 is 4.74 Å². The van der Waals surface area contributed by atoms with Gasteiger partial charge < -0.3 is 15.4 Å². The molecule has 2 heterocycles. The number of hydrogen-bond acceptors (Lipinski definition) is 4. The van der Waals surface area contributed by atoms with Crippen LogP contribution in [0.5, 0.6) is 5.88 Å². The van der Waals surface area contributed by atoms with Gasteiger partial charge in [0.15, 0.2) is 0 Å². The van der Waals surface area contributed by atoms with Crippen LogP contribution in [-0.4, -0.2) is 42.0 Å². The van der Waals surface area contributed by atoms with Gasteiger partial charge in [-0.15, -0.1) is 0 Å². The van der Waals surface area contributed by atoms with Gasteiger partial charge in [-0.3, -0.25) is 5.41 Å². The molecular formula is C16H24N4O. The Hall–Kier alpha value is -1.62. The number of rotatable bonds is 4. The first-order chi connectivity index (χ1) is 10.1. The summed E-state index contributed by atoms with van der Waals surface area (Å²) in [6.07, 6.45) is 6.87. The molecule has 1 aliphatic carbocycles. The number of likely N-dealkylation sites (tertiary alicyclic amines) is 1. The molecular weight excluding hydrogens is 264 g/mol. The molecule has 5 heteroatoms. The standard InChI is InChI=1S/C16H24N4O/c1-20-8-3-2-6-12(20)10-21-16-13(15(17)18)9-11-5-4-7-14(11)19-16/h9,12H,2-8,10H2,1H3,(H3,17,18). The van der Waals surface area contributed by atoms with E-state index in [4.69, 9.17) is 15.9 Å². The highest BCUT2D eigenvalue weighted by Gasteiger charge is 2.22. The molecule has 0 amide bonds. The van der Waals surface area contributed by atoms with Crippen LogP contribution in [0.1, 0.15) is 42.5 Å². The van der Waals surface area contributed by atoms with Crippen LogP contribution < -0.4 is 10.5 Å². The quantitative estimate of drug-likeness (QED) is 0.653. The number of aromatic nitrogens is 1. The highest BCUT2D eigenvalue weighted by molar-refractivity contribution is 5.97. The number of nitrogens with two attached hydrogens (primary N) is 1. The third-order valence-corrected chi connectivity index (χ3v) is 4.64. The van der Waals surface area contributed by atoms with E-state index in [-0.39, 0.29) is 5.84 Å². The summed E-state index contributed by atoms with van der Waals surface area (Å²) in [6, 6.07) is 2.44. The molecule has 0 radical (unpaired) electrons. The zero-order valence-electron chi connectivity index (χ0n) is 12.7. The fourth-order valence-corrected chi connectivity index (χ4v) is 3.29. The minimum absolute atomic E-state index is 0.0456. The maximum atomic E-state index is 7.75. The van der Waals surface area contributed by atoms with Gasteiger partial charge in [0.25, 0.3) is 0 Å². The van der Waals surface area contributed by atoms with Crippen LogP contribution in [0.2, 0.25) is 0 Å². The van der Waals surface area contributed by atoms with E-state index in [9.17, 15) is 0 Å². The molecule has 3 N–H and O–H groups in total. The summed E-state index contributed by atoms with van der Waals surface area (Å²) in [5, 5.41) is 7.75. The highest BCUT2D eigenvalue weighted by atomic mass is 16.5. The molecule has 0 bridgehead atoms. The van der Waals surface area contributed by atoms with Gasteiger partial charge in [0.1, 0.15) is 12.4 Å². The summed E-state index contributed by atoms with van der Waals surface area (Å²) >= 11 is 0. The van der Waals surface area contributed by atoms with E-state index in [1.165, 1.54) is 18.4 Å². The Morgan fingerprint density at radius 3 is 3.05 bits per heavy atom. The van der Waals surface area contributed by atoms with Crippen LogP contribution in [0.3, 0.4) is 0 Å². The predicted molar refractivity (Wildman–Crippen MR) is 83.0 cm³/mol. The van der Waals surface area contributed by atoms with Crippen LogP contribution in [0, 0.1) is 5.41 Å². The van der Waals surface area contributed by atoms with Gasteiger partial charge in [-0.1, -0.05) is 6.42 Å². The van der Waals surface area contributed by atoms with E-state index in [0.29, 0.717) is 24.1 Å². The first kappa shape index (κ1) is 14.3. The maximum Gasteiger partial charge on any atom is 0.224 e. The second-order valence-electron chi connectivity index (χ2n) is 6.16. The largest absolute Gasteiger partial charge is 0.475 e. The third-order valence-electron chi connectivity index (χ3n) is 4.64. The summed E-state index contributed by atoms with van der Waals surface area (Å²) < 4.78 is 5.96. The number of pyridine rings is 1. The van der Waals surface area contributed by atoms with Gasteiger partial charge in [0.2, 0.25) is 5.88 Å². The summed E-state index contributed by atoms with van der Waals surface area (Å²) in [5.74, 6) is 0.589. The summed E-state index contributed by atoms with van der Waals surface area (Å²) in [4.78, 5) is 6.97. The van der Waals surface area contributed by atoms with Crippen molar-refractivity contribution in [2.24, 2.45) is 5.73 Å². The summed E-state index contributed by atoms with van der Waals surface area (Å²) in [7, 11) is 2.15. The Balaban J connectivity index is 1.76. The number of likely N-dealkylation sites (N-methyl/N-ethyl adjacent to an activating group) is 1. The van der Waals surface area contributed by atoms with Gasteiger partial charge in [-0.05, 0) is 57.3 Å². The molecule has 5 nitrogen and oxygen atoms in total. The van der Waals surface area contributed by atoms with Gasteiger partial charge >= 0.3 is 0 Å². The summed E-state index contributed by atoms with van der Waals surface area (Å²) in [6.45, 7) is 1.76. The Bertz CT molecular complexity index is 543. The van der Waals surface area contributed by atoms with Crippen molar-refractivity contribution in [2.75, 3.05) is 20.2 Å². The fraction of sp³-hybridized carbons (Fsp3) is 0.625. The molecule has 1 fully saturated rings. The van der Waals surface area contributed by atoms with Crippen molar-refractivity contribution in [2.45, 2.75) is 44.6 Å². The molecule has 21 heavy (non-hydrogen) atoms. The minimum atomic E-state index is 0.0456. The Labute approximate surface area is 126 Å².